The molecule has 22 heavy (non-hydrogen) atoms. The molecule has 0 aromatic carbocycles. The van der Waals surface area contributed by atoms with Gasteiger partial charge in [-0.05, 0) is 24.7 Å². The van der Waals surface area contributed by atoms with Gasteiger partial charge in [-0.2, -0.15) is 0 Å². The van der Waals surface area contributed by atoms with Crippen molar-refractivity contribution in [2.45, 2.75) is 52.6 Å². The Morgan fingerprint density at radius 2 is 1.86 bits per heavy atom. The maximum absolute atomic E-state index is 12.2. The minimum Gasteiger partial charge on any atom is -0.476 e. The molecule has 0 aliphatic rings. The van der Waals surface area contributed by atoms with Gasteiger partial charge in [0.1, 0.15) is 0 Å². The smallest absolute Gasteiger partial charge is 0.365 e. The van der Waals surface area contributed by atoms with E-state index in [4.69, 9.17) is 10.8 Å². The first kappa shape index (κ1) is 18.6. The molecule has 0 aliphatic carbocycles. The fraction of sp³-hybridized carbons (Fsp3) is 0.667. The molecule has 0 aliphatic heterocycles. The van der Waals surface area contributed by atoms with Crippen LogP contribution in [0.2, 0.25) is 0 Å². The molecule has 124 valence electrons. The van der Waals surface area contributed by atoms with Crippen LogP contribution in [0.25, 0.3) is 0 Å². The van der Waals surface area contributed by atoms with Gasteiger partial charge in [-0.1, -0.05) is 27.7 Å². The summed E-state index contributed by atoms with van der Waals surface area (Å²) in [6, 6.07) is -0.873. The fourth-order valence-electron chi connectivity index (χ4n) is 2.16. The van der Waals surface area contributed by atoms with Crippen molar-refractivity contribution >= 4 is 23.2 Å². The number of nitrogens with two attached hydrogens (primary N) is 1. The summed E-state index contributed by atoms with van der Waals surface area (Å²) in [7, 11) is 0. The maximum atomic E-state index is 12.2. The number of amides is 1. The summed E-state index contributed by atoms with van der Waals surface area (Å²) in [5, 5.41) is 13.6. The van der Waals surface area contributed by atoms with Crippen molar-refractivity contribution in [2.24, 2.45) is 17.6 Å². The Balaban J connectivity index is 2.83. The average molecular weight is 327 g/mol. The molecule has 4 N–H and O–H groups in total. The zero-order valence-corrected chi connectivity index (χ0v) is 14.3. The van der Waals surface area contributed by atoms with Gasteiger partial charge in [0.25, 0.3) is 0 Å². The van der Waals surface area contributed by atoms with Crippen molar-refractivity contribution < 1.29 is 14.7 Å². The fourth-order valence-corrected chi connectivity index (χ4v) is 2.87. The van der Waals surface area contributed by atoms with Crippen molar-refractivity contribution in [1.82, 2.24) is 10.3 Å². The number of thiazole rings is 1. The highest BCUT2D eigenvalue weighted by atomic mass is 32.1. The topological polar surface area (TPSA) is 105 Å². The van der Waals surface area contributed by atoms with Crippen LogP contribution >= 0.6 is 11.3 Å². The van der Waals surface area contributed by atoms with Crippen LogP contribution in [0.3, 0.4) is 0 Å². The molecular formula is C15H25N3O3S. The minimum atomic E-state index is -1.05. The number of aromatic nitrogens is 1. The Hall–Kier alpha value is -1.47. The summed E-state index contributed by atoms with van der Waals surface area (Å²) in [6.45, 7) is 8.10. The lowest BCUT2D eigenvalue weighted by Crippen LogP contribution is -2.43. The Kier molecular flexibility index (Phi) is 6.96. The molecule has 1 amide bonds. The first-order chi connectivity index (χ1) is 10.2. The second-order valence-electron chi connectivity index (χ2n) is 6.31. The molecule has 1 aromatic heterocycles. The van der Waals surface area contributed by atoms with Crippen LogP contribution in [-0.2, 0) is 4.79 Å². The van der Waals surface area contributed by atoms with E-state index >= 15 is 0 Å². The average Bonchev–Trinajstić information content (AvgIpc) is 2.86. The van der Waals surface area contributed by atoms with E-state index < -0.39 is 12.0 Å². The predicted octanol–water partition coefficient (Wildman–Crippen LogP) is 2.42. The summed E-state index contributed by atoms with van der Waals surface area (Å²) in [5.41, 5.74) is 6.49. The number of hydrogen-bond donors (Lipinski definition) is 3. The predicted molar refractivity (Wildman–Crippen MR) is 86.8 cm³/mol. The second kappa shape index (κ2) is 8.24. The molecular weight excluding hydrogens is 302 g/mol. The number of carboxylic acids is 1. The molecule has 6 nitrogen and oxygen atoms in total. The van der Waals surface area contributed by atoms with Gasteiger partial charge >= 0.3 is 5.97 Å². The van der Waals surface area contributed by atoms with Gasteiger partial charge < -0.3 is 16.2 Å². The number of carbonyl (C=O) groups excluding carboxylic acids is 1. The number of nitrogens with one attached hydrogen (secondary N) is 1. The Morgan fingerprint density at radius 1 is 1.27 bits per heavy atom. The molecule has 2 unspecified atom stereocenters. The molecule has 1 aromatic rings. The quantitative estimate of drug-likeness (QED) is 0.680. The van der Waals surface area contributed by atoms with E-state index in [1.165, 1.54) is 0 Å². The summed E-state index contributed by atoms with van der Waals surface area (Å²) >= 11 is 1.07. The minimum absolute atomic E-state index is 0.0319. The lowest BCUT2D eigenvalue weighted by atomic mass is 10.00. The SMILES string of the molecule is CC(C)CC(N)C(=O)NC(CC(C)C)c1csc(C(=O)O)n1. The van der Waals surface area contributed by atoms with Gasteiger partial charge in [0, 0.05) is 5.38 Å². The molecule has 1 rings (SSSR count). The highest BCUT2D eigenvalue weighted by Crippen LogP contribution is 2.23. The standard InChI is InChI=1S/C15H25N3O3S/c1-8(2)5-10(16)13(19)17-11(6-9(3)4)12-7-22-14(18-12)15(20)21/h7-11H,5-6,16H2,1-4H3,(H,17,19)(H,20,21). The molecule has 0 fully saturated rings. The van der Waals surface area contributed by atoms with Crippen LogP contribution in [0.5, 0.6) is 0 Å². The highest BCUT2D eigenvalue weighted by molar-refractivity contribution is 7.11. The largest absolute Gasteiger partial charge is 0.476 e. The van der Waals surface area contributed by atoms with E-state index in [-0.39, 0.29) is 17.0 Å². The molecule has 0 bridgehead atoms. The number of aromatic carboxylic acids is 1. The Bertz CT molecular complexity index is 514. The highest BCUT2D eigenvalue weighted by Gasteiger charge is 2.23. The third-order valence-corrected chi connectivity index (χ3v) is 4.00. The Labute approximate surface area is 135 Å². The van der Waals surface area contributed by atoms with E-state index in [0.29, 0.717) is 30.4 Å². The van der Waals surface area contributed by atoms with Gasteiger partial charge in [0.15, 0.2) is 0 Å². The van der Waals surface area contributed by atoms with Crippen molar-refractivity contribution in [2.75, 3.05) is 0 Å². The molecule has 0 radical (unpaired) electrons. The van der Waals surface area contributed by atoms with Crippen molar-refractivity contribution in [3.8, 4) is 0 Å². The Morgan fingerprint density at radius 3 is 2.32 bits per heavy atom. The van der Waals surface area contributed by atoms with Crippen LogP contribution in [-0.4, -0.2) is 28.0 Å². The molecule has 2 atom stereocenters. The van der Waals surface area contributed by atoms with E-state index in [9.17, 15) is 9.59 Å². The van der Waals surface area contributed by atoms with Crippen LogP contribution in [0.4, 0.5) is 0 Å². The van der Waals surface area contributed by atoms with Crippen molar-refractivity contribution in [3.63, 3.8) is 0 Å². The lowest BCUT2D eigenvalue weighted by Gasteiger charge is -2.22. The third kappa shape index (κ3) is 5.73. The summed E-state index contributed by atoms with van der Waals surface area (Å²) < 4.78 is 0. The number of carboxylic acid groups (broad SMARTS) is 1. The van der Waals surface area contributed by atoms with E-state index in [2.05, 4.69) is 10.3 Å². The first-order valence-corrected chi connectivity index (χ1v) is 8.33. The molecule has 0 spiro atoms. The van der Waals surface area contributed by atoms with Gasteiger partial charge in [-0.15, -0.1) is 11.3 Å². The van der Waals surface area contributed by atoms with E-state index in [1.54, 1.807) is 5.38 Å². The monoisotopic (exact) mass is 327 g/mol. The zero-order valence-electron chi connectivity index (χ0n) is 13.5. The van der Waals surface area contributed by atoms with Crippen molar-refractivity contribution in [3.05, 3.63) is 16.1 Å². The number of rotatable bonds is 8. The van der Waals surface area contributed by atoms with E-state index in [0.717, 1.165) is 11.3 Å². The van der Waals surface area contributed by atoms with Crippen LogP contribution < -0.4 is 11.1 Å². The summed E-state index contributed by atoms with van der Waals surface area (Å²) in [4.78, 5) is 27.3. The van der Waals surface area contributed by atoms with Gasteiger partial charge in [0.2, 0.25) is 10.9 Å². The molecule has 7 heteroatoms. The number of hydrogen-bond acceptors (Lipinski definition) is 5. The van der Waals surface area contributed by atoms with Crippen LogP contribution in [0.15, 0.2) is 5.38 Å². The molecule has 0 saturated carbocycles. The van der Waals surface area contributed by atoms with Gasteiger partial charge in [0.05, 0.1) is 17.8 Å². The molecule has 0 saturated heterocycles. The summed E-state index contributed by atoms with van der Waals surface area (Å²) in [6.07, 6.45) is 1.29. The van der Waals surface area contributed by atoms with Gasteiger partial charge in [-0.25, -0.2) is 9.78 Å². The second-order valence-corrected chi connectivity index (χ2v) is 7.17. The van der Waals surface area contributed by atoms with Crippen LogP contribution in [0, 0.1) is 11.8 Å². The van der Waals surface area contributed by atoms with Crippen LogP contribution in [0.1, 0.15) is 62.1 Å². The summed E-state index contributed by atoms with van der Waals surface area (Å²) in [5.74, 6) is -0.601. The van der Waals surface area contributed by atoms with Crippen molar-refractivity contribution in [1.29, 1.82) is 0 Å². The molecule has 1 heterocycles. The lowest BCUT2D eigenvalue weighted by molar-refractivity contribution is -0.123. The first-order valence-electron chi connectivity index (χ1n) is 7.45. The number of nitrogens with zero attached hydrogens (tertiary/aromatic N) is 1. The third-order valence-electron chi connectivity index (χ3n) is 3.15. The maximum Gasteiger partial charge on any atom is 0.365 e. The van der Waals surface area contributed by atoms with E-state index in [1.807, 2.05) is 27.7 Å². The zero-order chi connectivity index (χ0) is 16.9. The number of carbonyl (C=O) groups is 2. The normalized spacial score (nSPS) is 14.1. The van der Waals surface area contributed by atoms with Gasteiger partial charge in [-0.3, -0.25) is 4.79 Å².